The molecule has 0 bridgehead atoms. The molecule has 0 aromatic heterocycles. The first-order valence-electron chi connectivity index (χ1n) is 8.40. The summed E-state index contributed by atoms with van der Waals surface area (Å²) in [6.45, 7) is 2.04. The predicted molar refractivity (Wildman–Crippen MR) is 91.9 cm³/mol. The van der Waals surface area contributed by atoms with Gasteiger partial charge in [0, 0.05) is 5.92 Å². The minimum absolute atomic E-state index is 0.0602. The second-order valence-corrected chi connectivity index (χ2v) is 6.92. The molecule has 124 valence electrons. The van der Waals surface area contributed by atoms with Crippen molar-refractivity contribution in [2.45, 2.75) is 37.3 Å². The molecule has 4 rings (SSSR count). The second-order valence-electron chi connectivity index (χ2n) is 6.92. The number of rotatable bonds is 3. The number of carbonyl (C=O) groups is 1. The fourth-order valence-electron chi connectivity index (χ4n) is 3.72. The van der Waals surface area contributed by atoms with Gasteiger partial charge in [0.25, 0.3) is 0 Å². The quantitative estimate of drug-likeness (QED) is 0.910. The van der Waals surface area contributed by atoms with Crippen LogP contribution < -0.4 is 5.32 Å². The Morgan fingerprint density at radius 1 is 1.17 bits per heavy atom. The van der Waals surface area contributed by atoms with E-state index in [2.05, 4.69) is 29.6 Å². The Hall–Kier alpha value is -2.33. The van der Waals surface area contributed by atoms with Crippen molar-refractivity contribution >= 4 is 6.09 Å². The minimum atomic E-state index is -0.814. The van der Waals surface area contributed by atoms with Gasteiger partial charge in [0.05, 0.1) is 11.6 Å². The van der Waals surface area contributed by atoms with Gasteiger partial charge >= 0.3 is 6.09 Å². The number of amides is 1. The lowest BCUT2D eigenvalue weighted by atomic mass is 9.76. The lowest BCUT2D eigenvalue weighted by Gasteiger charge is -2.42. The molecule has 1 saturated carbocycles. The Kier molecular flexibility index (Phi) is 3.57. The van der Waals surface area contributed by atoms with Gasteiger partial charge in [-0.15, -0.1) is 0 Å². The van der Waals surface area contributed by atoms with E-state index in [9.17, 15) is 9.90 Å². The molecule has 2 atom stereocenters. The number of hydrogen-bond donors (Lipinski definition) is 2. The summed E-state index contributed by atoms with van der Waals surface area (Å²) in [6.07, 6.45) is 1.04. The van der Waals surface area contributed by atoms with Gasteiger partial charge in [0.1, 0.15) is 6.61 Å². The van der Waals surface area contributed by atoms with Crippen LogP contribution in [0, 0.1) is 0 Å². The van der Waals surface area contributed by atoms with E-state index < -0.39 is 11.7 Å². The van der Waals surface area contributed by atoms with Crippen LogP contribution in [-0.2, 0) is 4.74 Å². The number of carbonyl (C=O) groups excluding carboxylic acids is 1. The van der Waals surface area contributed by atoms with Gasteiger partial charge in [-0.05, 0) is 42.0 Å². The molecule has 1 fully saturated rings. The summed E-state index contributed by atoms with van der Waals surface area (Å²) >= 11 is 0. The maximum Gasteiger partial charge on any atom is 0.407 e. The van der Waals surface area contributed by atoms with Crippen molar-refractivity contribution in [2.24, 2.45) is 0 Å². The number of fused-ring (bicyclic) bond motifs is 3. The predicted octanol–water partition coefficient (Wildman–Crippen LogP) is 3.44. The van der Waals surface area contributed by atoms with Crippen molar-refractivity contribution in [3.05, 3.63) is 59.7 Å². The summed E-state index contributed by atoms with van der Waals surface area (Å²) in [4.78, 5) is 12.1. The first kappa shape index (κ1) is 15.2. The smallest absolute Gasteiger partial charge is 0.407 e. The highest BCUT2D eigenvalue weighted by Gasteiger charge is 2.42. The molecule has 0 spiro atoms. The van der Waals surface area contributed by atoms with Crippen molar-refractivity contribution < 1.29 is 14.6 Å². The molecular formula is C20H21NO3. The lowest BCUT2D eigenvalue weighted by Crippen LogP contribution is -2.58. The zero-order chi connectivity index (χ0) is 16.7. The monoisotopic (exact) mass is 323 g/mol. The van der Waals surface area contributed by atoms with Crippen LogP contribution in [0.3, 0.4) is 0 Å². The molecule has 2 aliphatic carbocycles. The summed E-state index contributed by atoms with van der Waals surface area (Å²) in [7, 11) is 0. The van der Waals surface area contributed by atoms with Gasteiger partial charge in [-0.25, -0.2) is 4.79 Å². The number of nitrogens with one attached hydrogen (secondary N) is 1. The van der Waals surface area contributed by atoms with Crippen LogP contribution >= 0.6 is 0 Å². The van der Waals surface area contributed by atoms with Gasteiger partial charge in [0.2, 0.25) is 0 Å². The maximum atomic E-state index is 12.1. The topological polar surface area (TPSA) is 58.6 Å². The SMILES string of the molecule is C[C@@]1(O)CC[C@H]1NC(=O)OCC1c2ccccc2-c2ccccc21. The summed E-state index contributed by atoms with van der Waals surface area (Å²) in [5, 5.41) is 12.8. The Labute approximate surface area is 141 Å². The van der Waals surface area contributed by atoms with Crippen LogP contribution in [0.5, 0.6) is 0 Å². The zero-order valence-corrected chi connectivity index (χ0v) is 13.7. The van der Waals surface area contributed by atoms with Crippen LogP contribution in [0.25, 0.3) is 11.1 Å². The number of aliphatic hydroxyl groups is 1. The van der Waals surface area contributed by atoms with E-state index in [1.807, 2.05) is 24.3 Å². The van der Waals surface area contributed by atoms with Crippen molar-refractivity contribution in [3.8, 4) is 11.1 Å². The number of benzene rings is 2. The molecule has 24 heavy (non-hydrogen) atoms. The van der Waals surface area contributed by atoms with E-state index in [0.717, 1.165) is 6.42 Å². The van der Waals surface area contributed by atoms with E-state index >= 15 is 0 Å². The molecule has 4 heteroatoms. The third kappa shape index (κ3) is 2.47. The van der Waals surface area contributed by atoms with Crippen molar-refractivity contribution in [3.63, 3.8) is 0 Å². The molecule has 2 aliphatic rings. The van der Waals surface area contributed by atoms with Gasteiger partial charge < -0.3 is 15.2 Å². The van der Waals surface area contributed by atoms with Crippen molar-refractivity contribution in [1.29, 1.82) is 0 Å². The molecule has 0 unspecified atom stereocenters. The summed E-state index contributed by atoms with van der Waals surface area (Å²) in [5.74, 6) is 0.0602. The summed E-state index contributed by atoms with van der Waals surface area (Å²) in [5.41, 5.74) is 4.00. The average Bonchev–Trinajstić information content (AvgIpc) is 2.91. The highest BCUT2D eigenvalue weighted by Crippen LogP contribution is 2.44. The Morgan fingerprint density at radius 2 is 1.75 bits per heavy atom. The molecule has 2 N–H and O–H groups in total. The van der Waals surface area contributed by atoms with Crippen molar-refractivity contribution in [2.75, 3.05) is 6.61 Å². The van der Waals surface area contributed by atoms with Crippen LogP contribution in [0.4, 0.5) is 4.79 Å². The van der Waals surface area contributed by atoms with E-state index in [1.54, 1.807) is 6.92 Å². The second kappa shape index (κ2) is 5.64. The van der Waals surface area contributed by atoms with Crippen LogP contribution in [0.15, 0.2) is 48.5 Å². The van der Waals surface area contributed by atoms with E-state index in [1.165, 1.54) is 22.3 Å². The van der Waals surface area contributed by atoms with E-state index in [-0.39, 0.29) is 12.0 Å². The largest absolute Gasteiger partial charge is 0.449 e. The molecule has 0 radical (unpaired) electrons. The molecule has 1 amide bonds. The summed E-state index contributed by atoms with van der Waals surface area (Å²) < 4.78 is 5.48. The Bertz CT molecular complexity index is 738. The van der Waals surface area contributed by atoms with Crippen molar-refractivity contribution in [1.82, 2.24) is 5.32 Å². The number of hydrogen-bond acceptors (Lipinski definition) is 3. The van der Waals surface area contributed by atoms with E-state index in [0.29, 0.717) is 13.0 Å². The maximum absolute atomic E-state index is 12.1. The molecule has 2 aromatic carbocycles. The Balaban J connectivity index is 1.48. The van der Waals surface area contributed by atoms with Crippen LogP contribution in [0.2, 0.25) is 0 Å². The van der Waals surface area contributed by atoms with Gasteiger partial charge in [-0.1, -0.05) is 48.5 Å². The highest BCUT2D eigenvalue weighted by atomic mass is 16.5. The van der Waals surface area contributed by atoms with Gasteiger partial charge in [-0.2, -0.15) is 0 Å². The highest BCUT2D eigenvalue weighted by molar-refractivity contribution is 5.79. The molecule has 2 aromatic rings. The van der Waals surface area contributed by atoms with E-state index in [4.69, 9.17) is 4.74 Å². The third-order valence-corrected chi connectivity index (χ3v) is 5.33. The fraction of sp³-hybridized carbons (Fsp3) is 0.350. The molecular weight excluding hydrogens is 302 g/mol. The molecule has 0 saturated heterocycles. The number of alkyl carbamates (subject to hydrolysis) is 1. The molecule has 0 heterocycles. The molecule has 0 aliphatic heterocycles. The first-order valence-corrected chi connectivity index (χ1v) is 8.40. The normalized spacial score (nSPS) is 24.7. The minimum Gasteiger partial charge on any atom is -0.449 e. The van der Waals surface area contributed by atoms with Gasteiger partial charge in [0.15, 0.2) is 0 Å². The standard InChI is InChI=1S/C20H21NO3/c1-20(23)11-10-18(20)21-19(22)24-12-17-15-8-4-2-6-13(15)14-7-3-5-9-16(14)17/h2-9,17-18,23H,10-12H2,1H3,(H,21,22)/t18-,20-/m1/s1. The van der Waals surface area contributed by atoms with Crippen LogP contribution in [-0.4, -0.2) is 29.4 Å². The number of ether oxygens (including phenoxy) is 1. The summed E-state index contributed by atoms with van der Waals surface area (Å²) in [6, 6.07) is 16.3. The van der Waals surface area contributed by atoms with Crippen LogP contribution in [0.1, 0.15) is 36.8 Å². The van der Waals surface area contributed by atoms with Gasteiger partial charge in [-0.3, -0.25) is 0 Å². The zero-order valence-electron chi connectivity index (χ0n) is 13.7. The molecule has 4 nitrogen and oxygen atoms in total. The first-order chi connectivity index (χ1) is 11.6. The third-order valence-electron chi connectivity index (χ3n) is 5.33. The Morgan fingerprint density at radius 3 is 2.25 bits per heavy atom. The lowest BCUT2D eigenvalue weighted by molar-refractivity contribution is -0.0506. The fourth-order valence-corrected chi connectivity index (χ4v) is 3.72. The average molecular weight is 323 g/mol.